The zero-order valence-corrected chi connectivity index (χ0v) is 16.5. The molecule has 0 spiro atoms. The maximum atomic E-state index is 5.91. The van der Waals surface area contributed by atoms with Crippen LogP contribution in [0.2, 0.25) is 0 Å². The topological polar surface area (TPSA) is 21.3 Å². The van der Waals surface area contributed by atoms with Crippen molar-refractivity contribution in [2.45, 2.75) is 30.2 Å². The fourth-order valence-electron chi connectivity index (χ4n) is 3.37. The normalized spacial score (nSPS) is 19.5. The molecule has 4 rings (SSSR count). The number of allylic oxidation sites excluding steroid dienone is 2. The van der Waals surface area contributed by atoms with E-state index in [9.17, 15) is 0 Å². The van der Waals surface area contributed by atoms with Crippen molar-refractivity contribution in [1.82, 2.24) is 5.32 Å². The molecule has 2 aromatic carbocycles. The maximum Gasteiger partial charge on any atom is 0.119 e. The predicted molar refractivity (Wildman–Crippen MR) is 115 cm³/mol. The third kappa shape index (κ3) is 4.94. The Kier molecular flexibility index (Phi) is 6.84. The lowest BCUT2D eigenvalue weighted by molar-refractivity contribution is 0.277. The number of rotatable bonds is 6. The molecule has 2 aliphatic heterocycles. The average molecular weight is 388 g/mol. The molecule has 0 amide bonds. The summed E-state index contributed by atoms with van der Waals surface area (Å²) in [5.41, 5.74) is 2.70. The maximum absolute atomic E-state index is 5.91. The quantitative estimate of drug-likeness (QED) is 0.662. The molecule has 4 heteroatoms. The van der Waals surface area contributed by atoms with Crippen LogP contribution >= 0.6 is 23.3 Å². The summed E-state index contributed by atoms with van der Waals surface area (Å²) in [6, 6.07) is 18.1. The summed E-state index contributed by atoms with van der Waals surface area (Å²) in [6.45, 7) is 1.89. The summed E-state index contributed by atoms with van der Waals surface area (Å²) in [5.74, 6) is 0.968. The molecule has 2 aromatic rings. The van der Waals surface area contributed by atoms with Crippen LogP contribution in [0.5, 0.6) is 5.75 Å². The molecule has 0 unspecified atom stereocenters. The molecule has 2 heterocycles. The van der Waals surface area contributed by atoms with Crippen molar-refractivity contribution >= 4 is 23.3 Å². The van der Waals surface area contributed by atoms with Gasteiger partial charge in [-0.25, -0.2) is 0 Å². The first kappa shape index (κ1) is 19.1. The van der Waals surface area contributed by atoms with E-state index in [-0.39, 0.29) is 23.3 Å². The van der Waals surface area contributed by atoms with Crippen molar-refractivity contribution in [3.8, 4) is 5.75 Å². The van der Waals surface area contributed by atoms with Crippen molar-refractivity contribution in [3.05, 3.63) is 82.6 Å². The number of hydrogen-bond acceptors (Lipinski definition) is 2. The van der Waals surface area contributed by atoms with Gasteiger partial charge in [-0.1, -0.05) is 36.4 Å². The number of thiol groups is 1. The Balaban J connectivity index is 0.00000196. The average Bonchev–Trinajstić information content (AvgIpc) is 3.35. The van der Waals surface area contributed by atoms with Crippen LogP contribution in [0.25, 0.3) is 0 Å². The summed E-state index contributed by atoms with van der Waals surface area (Å²) in [7, 11) is -0.233. The van der Waals surface area contributed by atoms with Crippen molar-refractivity contribution in [1.29, 1.82) is 0 Å². The first-order valence-electron chi connectivity index (χ1n) is 9.04. The highest BCUT2D eigenvalue weighted by molar-refractivity contribution is 8.22. The van der Waals surface area contributed by atoms with Crippen molar-refractivity contribution in [3.63, 3.8) is 0 Å². The Labute approximate surface area is 165 Å². The van der Waals surface area contributed by atoms with Gasteiger partial charge >= 0.3 is 0 Å². The monoisotopic (exact) mass is 387 g/mol. The van der Waals surface area contributed by atoms with E-state index in [0.29, 0.717) is 6.04 Å². The zero-order chi connectivity index (χ0) is 16.9. The van der Waals surface area contributed by atoms with Gasteiger partial charge in [-0.15, -0.1) is 12.4 Å². The van der Waals surface area contributed by atoms with Gasteiger partial charge in [0.15, 0.2) is 0 Å². The second-order valence-corrected chi connectivity index (χ2v) is 8.61. The molecule has 1 atom stereocenters. The molecule has 0 aliphatic carbocycles. The Morgan fingerprint density at radius 1 is 1.00 bits per heavy atom. The first-order valence-corrected chi connectivity index (χ1v) is 10.5. The number of benzene rings is 2. The molecular formula is C22H26ClNOS. The molecule has 138 valence electrons. The Bertz CT molecular complexity index is 754. The van der Waals surface area contributed by atoms with E-state index in [0.717, 1.165) is 25.3 Å². The highest BCUT2D eigenvalue weighted by atomic mass is 35.5. The second kappa shape index (κ2) is 9.31. The molecule has 1 fully saturated rings. The molecule has 1 saturated heterocycles. The minimum Gasteiger partial charge on any atom is -0.492 e. The van der Waals surface area contributed by atoms with Crippen LogP contribution in [0.3, 0.4) is 0 Å². The largest absolute Gasteiger partial charge is 0.492 e. The van der Waals surface area contributed by atoms with E-state index in [1.54, 1.807) is 0 Å². The third-order valence-electron chi connectivity index (χ3n) is 4.76. The van der Waals surface area contributed by atoms with E-state index in [2.05, 4.69) is 76.8 Å². The highest BCUT2D eigenvalue weighted by Crippen LogP contribution is 2.42. The molecule has 0 saturated carbocycles. The van der Waals surface area contributed by atoms with Crippen LogP contribution < -0.4 is 10.1 Å². The molecule has 0 bridgehead atoms. The van der Waals surface area contributed by atoms with Gasteiger partial charge in [-0.05, 0) is 76.9 Å². The minimum absolute atomic E-state index is 0. The standard InChI is InChI=1S/C22H25NOS.ClH/c1-2-14-25(13-1)22-7-3-5-19(16-22)15-18-8-10-21(11-9-18)24-17-20-6-4-12-23-20;/h1-3,5,7-11,13-14,16,20,23,25H,4,6,12,15,17H2;1H/t20-;/m1./s1. The van der Waals surface area contributed by atoms with Gasteiger partial charge in [0, 0.05) is 6.04 Å². The molecule has 2 nitrogen and oxygen atoms in total. The number of ether oxygens (including phenoxy) is 1. The van der Waals surface area contributed by atoms with E-state index in [4.69, 9.17) is 4.74 Å². The SMILES string of the molecule is C1=C[SH](c2cccc(Cc3ccc(OC[C@H]4CCCN4)cc3)c2)C=C1.Cl. The van der Waals surface area contributed by atoms with Crippen LogP contribution in [0.4, 0.5) is 0 Å². The van der Waals surface area contributed by atoms with Crippen molar-refractivity contribution < 1.29 is 4.74 Å². The van der Waals surface area contributed by atoms with Crippen molar-refractivity contribution in [2.24, 2.45) is 0 Å². The van der Waals surface area contributed by atoms with E-state index < -0.39 is 0 Å². The van der Waals surface area contributed by atoms with Gasteiger partial charge < -0.3 is 10.1 Å². The molecule has 1 N–H and O–H groups in total. The van der Waals surface area contributed by atoms with Gasteiger partial charge in [-0.3, -0.25) is 0 Å². The number of nitrogens with one attached hydrogen (secondary N) is 1. The second-order valence-electron chi connectivity index (χ2n) is 6.69. The molecule has 0 aromatic heterocycles. The van der Waals surface area contributed by atoms with Crippen molar-refractivity contribution in [2.75, 3.05) is 13.2 Å². The van der Waals surface area contributed by atoms with Crippen LogP contribution in [0.15, 0.2) is 76.4 Å². The summed E-state index contributed by atoms with van der Waals surface area (Å²) in [5, 5.41) is 8.08. The molecule has 0 radical (unpaired) electrons. The highest BCUT2D eigenvalue weighted by Gasteiger charge is 2.14. The Morgan fingerprint density at radius 3 is 2.54 bits per heavy atom. The van der Waals surface area contributed by atoms with E-state index >= 15 is 0 Å². The fraction of sp³-hybridized carbons (Fsp3) is 0.273. The summed E-state index contributed by atoms with van der Waals surface area (Å²) < 4.78 is 5.91. The minimum atomic E-state index is -0.233. The summed E-state index contributed by atoms with van der Waals surface area (Å²) in [6.07, 6.45) is 7.76. The van der Waals surface area contributed by atoms with Crippen LogP contribution in [-0.4, -0.2) is 19.2 Å². The lowest BCUT2D eigenvalue weighted by Gasteiger charge is -2.13. The van der Waals surface area contributed by atoms with Gasteiger partial charge in [-0.2, -0.15) is 10.9 Å². The van der Waals surface area contributed by atoms with Gasteiger partial charge in [0.2, 0.25) is 0 Å². The molecule has 26 heavy (non-hydrogen) atoms. The predicted octanol–water partition coefficient (Wildman–Crippen LogP) is 5.23. The molecular weight excluding hydrogens is 362 g/mol. The lowest BCUT2D eigenvalue weighted by atomic mass is 10.1. The number of hydrogen-bond donors (Lipinski definition) is 2. The summed E-state index contributed by atoms with van der Waals surface area (Å²) in [4.78, 5) is 1.43. The van der Waals surface area contributed by atoms with Gasteiger partial charge in [0.1, 0.15) is 12.4 Å². The Hall–Kier alpha value is -1.68. The number of halogens is 1. The lowest BCUT2D eigenvalue weighted by Crippen LogP contribution is -2.28. The van der Waals surface area contributed by atoms with Gasteiger partial charge in [0.05, 0.1) is 0 Å². The molecule has 2 aliphatic rings. The van der Waals surface area contributed by atoms with Crippen LogP contribution in [0.1, 0.15) is 24.0 Å². The fourth-order valence-corrected chi connectivity index (χ4v) is 4.96. The van der Waals surface area contributed by atoms with Crippen LogP contribution in [-0.2, 0) is 6.42 Å². The van der Waals surface area contributed by atoms with E-state index in [1.165, 1.54) is 28.9 Å². The third-order valence-corrected chi connectivity index (χ3v) is 6.62. The smallest absolute Gasteiger partial charge is 0.119 e. The van der Waals surface area contributed by atoms with Gasteiger partial charge in [0.25, 0.3) is 0 Å². The summed E-state index contributed by atoms with van der Waals surface area (Å²) >= 11 is 0. The first-order chi connectivity index (χ1) is 12.4. The Morgan fingerprint density at radius 2 is 1.81 bits per heavy atom. The zero-order valence-electron chi connectivity index (χ0n) is 14.8. The van der Waals surface area contributed by atoms with E-state index in [1.807, 2.05) is 0 Å². The van der Waals surface area contributed by atoms with Crippen LogP contribution in [0, 0.1) is 0 Å².